The summed E-state index contributed by atoms with van der Waals surface area (Å²) in [4.78, 5) is 27.5. The van der Waals surface area contributed by atoms with E-state index in [0.29, 0.717) is 30.4 Å². The van der Waals surface area contributed by atoms with E-state index in [1.807, 2.05) is 7.05 Å². The first kappa shape index (κ1) is 15.7. The summed E-state index contributed by atoms with van der Waals surface area (Å²) in [5, 5.41) is 14.5. The van der Waals surface area contributed by atoms with Crippen molar-refractivity contribution in [1.29, 1.82) is 0 Å². The van der Waals surface area contributed by atoms with E-state index >= 15 is 0 Å². The quantitative estimate of drug-likeness (QED) is 0.678. The molecule has 1 saturated heterocycles. The van der Waals surface area contributed by atoms with E-state index in [4.69, 9.17) is 0 Å². The number of hydrogen-bond donors (Lipinski definition) is 1. The Morgan fingerprint density at radius 2 is 2.04 bits per heavy atom. The molecule has 0 bridgehead atoms. The molecule has 1 saturated carbocycles. The minimum absolute atomic E-state index is 0.0188. The monoisotopic (exact) mass is 318 g/mol. The largest absolute Gasteiger partial charge is 0.377 e. The summed E-state index contributed by atoms with van der Waals surface area (Å²) in [6.07, 6.45) is 3.00. The molecule has 1 aromatic rings. The second-order valence-electron chi connectivity index (χ2n) is 6.36. The van der Waals surface area contributed by atoms with E-state index in [1.165, 1.54) is 6.07 Å². The molecule has 0 unspecified atom stereocenters. The van der Waals surface area contributed by atoms with Crippen LogP contribution in [-0.2, 0) is 0 Å². The number of nitro groups is 1. The number of amides is 1. The summed E-state index contributed by atoms with van der Waals surface area (Å²) in [5.74, 6) is -0.124. The Bertz CT molecular complexity index is 615. The molecule has 1 aromatic carbocycles. The van der Waals surface area contributed by atoms with Crippen LogP contribution in [0.25, 0.3) is 0 Å². The van der Waals surface area contributed by atoms with Crippen LogP contribution in [0.1, 0.15) is 29.6 Å². The molecule has 23 heavy (non-hydrogen) atoms. The number of rotatable bonds is 4. The van der Waals surface area contributed by atoms with Gasteiger partial charge in [-0.2, -0.15) is 0 Å². The standard InChI is InChI=1S/C16H22N4O3/c1-18-7-2-8-19(10-9-18)16(21)12-3-6-14(17-13-4-5-13)15(11-12)20(22)23/h3,6,11,13,17H,2,4-5,7-10H2,1H3. The topological polar surface area (TPSA) is 78.7 Å². The average Bonchev–Trinajstić information content (AvgIpc) is 3.35. The Kier molecular flexibility index (Phi) is 4.47. The molecule has 1 amide bonds. The van der Waals surface area contributed by atoms with Crippen LogP contribution in [0, 0.1) is 10.1 Å². The number of carbonyl (C=O) groups excluding carboxylic acids is 1. The number of anilines is 1. The van der Waals surface area contributed by atoms with Gasteiger partial charge in [0, 0.05) is 37.3 Å². The first-order valence-corrected chi connectivity index (χ1v) is 8.07. The number of benzene rings is 1. The summed E-state index contributed by atoms with van der Waals surface area (Å²) < 4.78 is 0. The lowest BCUT2D eigenvalue weighted by atomic mass is 10.1. The Labute approximate surface area is 135 Å². The van der Waals surface area contributed by atoms with E-state index < -0.39 is 4.92 Å². The first-order chi connectivity index (χ1) is 11.0. The molecule has 124 valence electrons. The zero-order chi connectivity index (χ0) is 16.4. The summed E-state index contributed by atoms with van der Waals surface area (Å²) in [7, 11) is 2.04. The predicted molar refractivity (Wildman–Crippen MR) is 87.8 cm³/mol. The molecule has 1 heterocycles. The molecule has 7 heteroatoms. The van der Waals surface area contributed by atoms with E-state index in [-0.39, 0.29) is 11.6 Å². The van der Waals surface area contributed by atoms with Gasteiger partial charge in [0.05, 0.1) is 4.92 Å². The van der Waals surface area contributed by atoms with Crippen molar-refractivity contribution >= 4 is 17.3 Å². The minimum Gasteiger partial charge on any atom is -0.377 e. The zero-order valence-electron chi connectivity index (χ0n) is 13.3. The van der Waals surface area contributed by atoms with Crippen molar-refractivity contribution in [2.75, 3.05) is 38.5 Å². The number of likely N-dealkylation sites (N-methyl/N-ethyl adjacent to an activating group) is 1. The lowest BCUT2D eigenvalue weighted by Gasteiger charge is -2.20. The molecular formula is C16H22N4O3. The lowest BCUT2D eigenvalue weighted by molar-refractivity contribution is -0.384. The summed E-state index contributed by atoms with van der Waals surface area (Å²) in [5.41, 5.74) is 0.877. The van der Waals surface area contributed by atoms with Gasteiger partial charge in [-0.1, -0.05) is 0 Å². The Morgan fingerprint density at radius 3 is 2.74 bits per heavy atom. The van der Waals surface area contributed by atoms with Gasteiger partial charge in [0.25, 0.3) is 11.6 Å². The van der Waals surface area contributed by atoms with Crippen LogP contribution in [0.3, 0.4) is 0 Å². The Hall–Kier alpha value is -2.15. The second-order valence-corrected chi connectivity index (χ2v) is 6.36. The van der Waals surface area contributed by atoms with E-state index in [2.05, 4.69) is 10.2 Å². The predicted octanol–water partition coefficient (Wildman–Crippen LogP) is 1.95. The van der Waals surface area contributed by atoms with E-state index in [9.17, 15) is 14.9 Å². The highest BCUT2D eigenvalue weighted by Gasteiger charge is 2.26. The number of hydrogen-bond acceptors (Lipinski definition) is 5. The third kappa shape index (κ3) is 3.79. The Balaban J connectivity index is 1.79. The van der Waals surface area contributed by atoms with Crippen LogP contribution in [0.2, 0.25) is 0 Å². The Morgan fingerprint density at radius 1 is 1.26 bits per heavy atom. The van der Waals surface area contributed by atoms with Gasteiger partial charge in [-0.3, -0.25) is 14.9 Å². The fourth-order valence-corrected chi connectivity index (χ4v) is 2.82. The molecule has 2 aliphatic rings. The normalized spacial score (nSPS) is 19.3. The van der Waals surface area contributed by atoms with Gasteiger partial charge < -0.3 is 15.1 Å². The van der Waals surface area contributed by atoms with Crippen LogP contribution in [0.5, 0.6) is 0 Å². The van der Waals surface area contributed by atoms with Gasteiger partial charge in [-0.15, -0.1) is 0 Å². The fourth-order valence-electron chi connectivity index (χ4n) is 2.82. The SMILES string of the molecule is CN1CCCN(C(=O)c2ccc(NC3CC3)c([N+](=O)[O-])c2)CC1. The molecule has 0 radical (unpaired) electrons. The smallest absolute Gasteiger partial charge is 0.293 e. The van der Waals surface area contributed by atoms with Crippen molar-refractivity contribution in [3.8, 4) is 0 Å². The highest BCUT2D eigenvalue weighted by atomic mass is 16.6. The third-order valence-electron chi connectivity index (χ3n) is 4.39. The van der Waals surface area contributed by atoms with Gasteiger partial charge in [0.1, 0.15) is 5.69 Å². The van der Waals surface area contributed by atoms with E-state index in [0.717, 1.165) is 32.4 Å². The maximum atomic E-state index is 12.6. The van der Waals surface area contributed by atoms with Gasteiger partial charge in [-0.05, 0) is 45.0 Å². The lowest BCUT2D eigenvalue weighted by Crippen LogP contribution is -2.34. The maximum absolute atomic E-state index is 12.6. The molecule has 0 atom stereocenters. The molecule has 1 N–H and O–H groups in total. The summed E-state index contributed by atoms with van der Waals surface area (Å²) in [6, 6.07) is 5.08. The highest BCUT2D eigenvalue weighted by Crippen LogP contribution is 2.31. The molecule has 0 spiro atoms. The second kappa shape index (κ2) is 6.54. The van der Waals surface area contributed by atoms with Crippen molar-refractivity contribution in [2.45, 2.75) is 25.3 Å². The maximum Gasteiger partial charge on any atom is 0.293 e. The number of nitrogens with one attached hydrogen (secondary N) is 1. The molecular weight excluding hydrogens is 296 g/mol. The molecule has 0 aromatic heterocycles. The van der Waals surface area contributed by atoms with Crippen LogP contribution in [0.4, 0.5) is 11.4 Å². The molecule has 2 fully saturated rings. The van der Waals surface area contributed by atoms with E-state index in [1.54, 1.807) is 17.0 Å². The number of carbonyl (C=O) groups is 1. The first-order valence-electron chi connectivity index (χ1n) is 8.07. The summed E-state index contributed by atoms with van der Waals surface area (Å²) >= 11 is 0. The van der Waals surface area contributed by atoms with Crippen molar-refractivity contribution in [3.63, 3.8) is 0 Å². The van der Waals surface area contributed by atoms with Crippen LogP contribution < -0.4 is 5.32 Å². The van der Waals surface area contributed by atoms with Gasteiger partial charge in [0.2, 0.25) is 0 Å². The minimum atomic E-state index is -0.419. The van der Waals surface area contributed by atoms with Crippen LogP contribution in [0.15, 0.2) is 18.2 Å². The fraction of sp³-hybridized carbons (Fsp3) is 0.562. The number of nitro benzene ring substituents is 1. The van der Waals surface area contributed by atoms with Gasteiger partial charge in [0.15, 0.2) is 0 Å². The van der Waals surface area contributed by atoms with Crippen molar-refractivity contribution in [3.05, 3.63) is 33.9 Å². The molecule has 3 rings (SSSR count). The van der Waals surface area contributed by atoms with Crippen LogP contribution >= 0.6 is 0 Å². The van der Waals surface area contributed by atoms with Crippen molar-refractivity contribution in [1.82, 2.24) is 9.80 Å². The van der Waals surface area contributed by atoms with Crippen LogP contribution in [-0.4, -0.2) is 59.9 Å². The van der Waals surface area contributed by atoms with Gasteiger partial charge >= 0.3 is 0 Å². The zero-order valence-corrected chi connectivity index (χ0v) is 13.3. The highest BCUT2D eigenvalue weighted by molar-refractivity contribution is 5.95. The average molecular weight is 318 g/mol. The summed E-state index contributed by atoms with van der Waals surface area (Å²) in [6.45, 7) is 3.15. The molecule has 7 nitrogen and oxygen atoms in total. The third-order valence-corrected chi connectivity index (χ3v) is 4.39. The van der Waals surface area contributed by atoms with Crippen molar-refractivity contribution in [2.24, 2.45) is 0 Å². The van der Waals surface area contributed by atoms with Gasteiger partial charge in [-0.25, -0.2) is 0 Å². The molecule has 1 aliphatic heterocycles. The van der Waals surface area contributed by atoms with Crippen molar-refractivity contribution < 1.29 is 9.72 Å². The number of nitrogens with zero attached hydrogens (tertiary/aromatic N) is 3. The molecule has 1 aliphatic carbocycles.